The van der Waals surface area contributed by atoms with Crippen molar-refractivity contribution in [1.29, 1.82) is 0 Å². The quantitative estimate of drug-likeness (QED) is 0.124. The fourth-order valence-electron chi connectivity index (χ4n) is 5.22. The van der Waals surface area contributed by atoms with E-state index in [0.717, 1.165) is 68.2 Å². The zero-order valence-electron chi connectivity index (χ0n) is 28.1. The van der Waals surface area contributed by atoms with Crippen LogP contribution in [0.1, 0.15) is 33.4 Å². The SMILES string of the molecule is COc1ccc(Oc2ccc(C(=NCN=C(c3ccc(C)cc3)c3ccc(Oc4ccc(OC)cc4)cc3)c3ccc(C)cc3)cc2)cc1. The van der Waals surface area contributed by atoms with Crippen molar-refractivity contribution >= 4 is 11.4 Å². The van der Waals surface area contributed by atoms with Crippen LogP contribution >= 0.6 is 0 Å². The summed E-state index contributed by atoms with van der Waals surface area (Å²) in [6.45, 7) is 4.40. The van der Waals surface area contributed by atoms with Crippen LogP contribution in [-0.4, -0.2) is 32.3 Å². The van der Waals surface area contributed by atoms with Gasteiger partial charge >= 0.3 is 0 Å². The first-order chi connectivity index (χ1) is 24.0. The van der Waals surface area contributed by atoms with Gasteiger partial charge in [-0.1, -0.05) is 59.7 Å². The van der Waals surface area contributed by atoms with E-state index < -0.39 is 0 Å². The Hall–Kier alpha value is -6.14. The highest BCUT2D eigenvalue weighted by Gasteiger charge is 2.11. The number of rotatable bonds is 12. The summed E-state index contributed by atoms with van der Waals surface area (Å²) in [5, 5.41) is 0. The summed E-state index contributed by atoms with van der Waals surface area (Å²) >= 11 is 0. The van der Waals surface area contributed by atoms with Crippen molar-refractivity contribution in [2.24, 2.45) is 9.98 Å². The zero-order chi connectivity index (χ0) is 34.0. The first-order valence-electron chi connectivity index (χ1n) is 16.0. The van der Waals surface area contributed by atoms with E-state index in [1.807, 2.05) is 97.1 Å². The molecule has 0 unspecified atom stereocenters. The maximum atomic E-state index is 6.07. The zero-order valence-corrected chi connectivity index (χ0v) is 28.1. The second-order valence-electron chi connectivity index (χ2n) is 11.5. The Kier molecular flexibility index (Phi) is 10.5. The van der Waals surface area contributed by atoms with Crippen molar-refractivity contribution in [3.8, 4) is 34.5 Å². The molecule has 244 valence electrons. The number of ether oxygens (including phenoxy) is 4. The third-order valence-electron chi connectivity index (χ3n) is 7.95. The van der Waals surface area contributed by atoms with E-state index in [2.05, 4.69) is 62.4 Å². The largest absolute Gasteiger partial charge is 0.497 e. The summed E-state index contributed by atoms with van der Waals surface area (Å²) in [4.78, 5) is 10.1. The minimum atomic E-state index is 0.237. The van der Waals surface area contributed by atoms with Crippen molar-refractivity contribution in [3.63, 3.8) is 0 Å². The molecule has 0 aliphatic heterocycles. The molecule has 6 rings (SSSR count). The molecule has 0 radical (unpaired) electrons. The summed E-state index contributed by atoms with van der Waals surface area (Å²) in [6.07, 6.45) is 0. The molecule has 0 atom stereocenters. The van der Waals surface area contributed by atoms with Crippen LogP contribution in [0.2, 0.25) is 0 Å². The summed E-state index contributed by atoms with van der Waals surface area (Å²) in [7, 11) is 3.29. The van der Waals surface area contributed by atoms with Crippen LogP contribution in [0.4, 0.5) is 0 Å². The lowest BCUT2D eigenvalue weighted by Gasteiger charge is -2.12. The Labute approximate surface area is 288 Å². The van der Waals surface area contributed by atoms with Crippen molar-refractivity contribution in [2.45, 2.75) is 13.8 Å². The molecule has 0 heterocycles. The molecular weight excluding hydrogens is 608 g/mol. The van der Waals surface area contributed by atoms with E-state index >= 15 is 0 Å². The molecule has 6 nitrogen and oxygen atoms in total. The molecule has 0 amide bonds. The Morgan fingerprint density at radius 1 is 0.367 bits per heavy atom. The van der Waals surface area contributed by atoms with Gasteiger partial charge in [-0.25, -0.2) is 0 Å². The van der Waals surface area contributed by atoms with Gasteiger partial charge in [0.2, 0.25) is 0 Å². The maximum Gasteiger partial charge on any atom is 0.130 e. The van der Waals surface area contributed by atoms with Gasteiger partial charge in [-0.15, -0.1) is 0 Å². The Morgan fingerprint density at radius 3 is 0.898 bits per heavy atom. The van der Waals surface area contributed by atoms with Crippen LogP contribution in [0, 0.1) is 13.8 Å². The molecule has 0 aliphatic rings. The van der Waals surface area contributed by atoms with Crippen LogP contribution in [-0.2, 0) is 0 Å². The third kappa shape index (κ3) is 8.62. The molecule has 49 heavy (non-hydrogen) atoms. The van der Waals surface area contributed by atoms with E-state index in [4.69, 9.17) is 28.9 Å². The predicted octanol–water partition coefficient (Wildman–Crippen LogP) is 10.2. The van der Waals surface area contributed by atoms with Gasteiger partial charge in [0.1, 0.15) is 41.2 Å². The minimum Gasteiger partial charge on any atom is -0.497 e. The molecule has 0 bridgehead atoms. The second kappa shape index (κ2) is 15.6. The molecule has 6 aromatic rings. The van der Waals surface area contributed by atoms with Crippen LogP contribution in [0.25, 0.3) is 0 Å². The van der Waals surface area contributed by atoms with Crippen LogP contribution < -0.4 is 18.9 Å². The lowest BCUT2D eigenvalue weighted by Crippen LogP contribution is -2.07. The van der Waals surface area contributed by atoms with Crippen molar-refractivity contribution in [1.82, 2.24) is 0 Å². The van der Waals surface area contributed by atoms with Gasteiger partial charge in [0, 0.05) is 22.3 Å². The highest BCUT2D eigenvalue weighted by molar-refractivity contribution is 6.14. The monoisotopic (exact) mass is 646 g/mol. The molecular formula is C43H38N2O4. The van der Waals surface area contributed by atoms with Crippen LogP contribution in [0.5, 0.6) is 34.5 Å². The number of benzene rings is 6. The first kappa shape index (κ1) is 32.8. The van der Waals surface area contributed by atoms with Crippen molar-refractivity contribution in [3.05, 3.63) is 179 Å². The molecule has 0 spiro atoms. The minimum absolute atomic E-state index is 0.237. The Bertz CT molecular complexity index is 1860. The van der Waals surface area contributed by atoms with E-state index in [1.54, 1.807) is 14.2 Å². The summed E-state index contributed by atoms with van der Waals surface area (Å²) < 4.78 is 22.7. The molecule has 6 heteroatoms. The van der Waals surface area contributed by atoms with Crippen LogP contribution in [0.3, 0.4) is 0 Å². The fraction of sp³-hybridized carbons (Fsp3) is 0.116. The predicted molar refractivity (Wildman–Crippen MR) is 198 cm³/mol. The smallest absolute Gasteiger partial charge is 0.130 e. The molecule has 0 fully saturated rings. The maximum absolute atomic E-state index is 6.07. The summed E-state index contributed by atoms with van der Waals surface area (Å²) in [6, 6.07) is 47.8. The van der Waals surface area contributed by atoms with Crippen molar-refractivity contribution in [2.75, 3.05) is 20.9 Å². The molecule has 0 saturated heterocycles. The second-order valence-corrected chi connectivity index (χ2v) is 11.5. The third-order valence-corrected chi connectivity index (χ3v) is 7.95. The lowest BCUT2D eigenvalue weighted by molar-refractivity contribution is 0.413. The molecule has 0 saturated carbocycles. The number of hydrogen-bond acceptors (Lipinski definition) is 6. The average molecular weight is 647 g/mol. The van der Waals surface area contributed by atoms with Gasteiger partial charge < -0.3 is 18.9 Å². The number of hydrogen-bond donors (Lipinski definition) is 0. The lowest BCUT2D eigenvalue weighted by atomic mass is 10.0. The van der Waals surface area contributed by atoms with Gasteiger partial charge in [0.05, 0.1) is 25.6 Å². The normalized spacial score (nSPS) is 11.6. The Balaban J connectivity index is 1.28. The number of nitrogens with zero attached hydrogens (tertiary/aromatic N) is 2. The van der Waals surface area contributed by atoms with Gasteiger partial charge in [-0.2, -0.15) is 0 Å². The average Bonchev–Trinajstić information content (AvgIpc) is 3.14. The van der Waals surface area contributed by atoms with Crippen LogP contribution in [0.15, 0.2) is 156 Å². The molecule has 0 N–H and O–H groups in total. The number of aryl methyl sites for hydroxylation is 2. The number of aliphatic imine (C=N–C) groups is 2. The summed E-state index contributed by atoms with van der Waals surface area (Å²) in [5.41, 5.74) is 8.05. The molecule has 6 aromatic carbocycles. The van der Waals surface area contributed by atoms with Gasteiger partial charge in [0.25, 0.3) is 0 Å². The van der Waals surface area contributed by atoms with E-state index in [-0.39, 0.29) is 6.67 Å². The highest BCUT2D eigenvalue weighted by atomic mass is 16.5. The Morgan fingerprint density at radius 2 is 0.612 bits per heavy atom. The number of methoxy groups -OCH3 is 2. The van der Waals surface area contributed by atoms with Gasteiger partial charge in [-0.05, 0) is 111 Å². The van der Waals surface area contributed by atoms with Crippen molar-refractivity contribution < 1.29 is 18.9 Å². The van der Waals surface area contributed by atoms with E-state index in [0.29, 0.717) is 0 Å². The fourth-order valence-corrected chi connectivity index (χ4v) is 5.22. The van der Waals surface area contributed by atoms with E-state index in [1.165, 1.54) is 11.1 Å². The standard InChI is InChI=1S/C43H38N2O4/c1-30-5-9-32(10-6-30)42(34-13-17-38(18-14-34)48-40-25-21-36(46-3)22-26-40)44-29-45-43(33-11-7-31(2)8-12-33)35-15-19-39(20-16-35)49-41-27-23-37(47-4)24-28-41/h5-28H,29H2,1-4H3. The van der Waals surface area contributed by atoms with E-state index in [9.17, 15) is 0 Å². The highest BCUT2D eigenvalue weighted by Crippen LogP contribution is 2.27. The first-order valence-corrected chi connectivity index (χ1v) is 16.0. The molecule has 0 aromatic heterocycles. The topological polar surface area (TPSA) is 61.6 Å². The van der Waals surface area contributed by atoms with Gasteiger partial charge in [-0.3, -0.25) is 9.98 Å². The van der Waals surface area contributed by atoms with Gasteiger partial charge in [0.15, 0.2) is 0 Å². The summed E-state index contributed by atoms with van der Waals surface area (Å²) in [5.74, 6) is 4.50. The molecule has 0 aliphatic carbocycles.